The molecule has 1 aromatic rings. The van der Waals surface area contributed by atoms with Crippen LogP contribution in [-0.2, 0) is 9.84 Å². The van der Waals surface area contributed by atoms with Gasteiger partial charge in [0, 0.05) is 11.9 Å². The Kier molecular flexibility index (Phi) is 4.17. The second-order valence-corrected chi connectivity index (χ2v) is 7.58. The van der Waals surface area contributed by atoms with Gasteiger partial charge in [-0.2, -0.15) is 0 Å². The molecular formula is C13H18ClNO2S. The highest BCUT2D eigenvalue weighted by Crippen LogP contribution is 2.32. The van der Waals surface area contributed by atoms with Crippen molar-refractivity contribution in [2.75, 3.05) is 17.6 Å². The predicted molar refractivity (Wildman–Crippen MR) is 75.0 cm³/mol. The zero-order valence-electron chi connectivity index (χ0n) is 10.4. The SMILES string of the molecule is CCS(=O)(=O)c1ccccc1NCC1CC(Cl)C1. The van der Waals surface area contributed by atoms with Crippen LogP contribution in [0.4, 0.5) is 5.69 Å². The molecule has 0 spiro atoms. The highest BCUT2D eigenvalue weighted by molar-refractivity contribution is 7.91. The van der Waals surface area contributed by atoms with E-state index in [1.165, 1.54) is 0 Å². The van der Waals surface area contributed by atoms with E-state index < -0.39 is 9.84 Å². The quantitative estimate of drug-likeness (QED) is 0.847. The molecule has 0 atom stereocenters. The summed E-state index contributed by atoms with van der Waals surface area (Å²) in [4.78, 5) is 0.397. The van der Waals surface area contributed by atoms with Crippen LogP contribution in [0.2, 0.25) is 0 Å². The van der Waals surface area contributed by atoms with Crippen LogP contribution in [0.1, 0.15) is 19.8 Å². The molecule has 0 saturated heterocycles. The molecule has 0 heterocycles. The number of hydrogen-bond donors (Lipinski definition) is 1. The normalized spacial score (nSPS) is 23.4. The lowest BCUT2D eigenvalue weighted by molar-refractivity contribution is 0.341. The van der Waals surface area contributed by atoms with Crippen LogP contribution < -0.4 is 5.32 Å². The van der Waals surface area contributed by atoms with Crippen molar-refractivity contribution in [3.05, 3.63) is 24.3 Å². The van der Waals surface area contributed by atoms with E-state index in [0.29, 0.717) is 21.9 Å². The van der Waals surface area contributed by atoms with E-state index >= 15 is 0 Å². The number of benzene rings is 1. The van der Waals surface area contributed by atoms with E-state index in [-0.39, 0.29) is 5.75 Å². The maximum absolute atomic E-state index is 11.9. The number of alkyl halides is 1. The molecule has 1 aromatic carbocycles. The van der Waals surface area contributed by atoms with Crippen molar-refractivity contribution in [2.45, 2.75) is 30.0 Å². The summed E-state index contributed by atoms with van der Waals surface area (Å²) in [5.74, 6) is 0.684. The molecule has 3 nitrogen and oxygen atoms in total. The fourth-order valence-corrected chi connectivity index (χ4v) is 3.69. The first-order valence-electron chi connectivity index (χ1n) is 6.22. The Morgan fingerprint density at radius 2 is 2.00 bits per heavy atom. The van der Waals surface area contributed by atoms with Crippen LogP contribution in [-0.4, -0.2) is 26.1 Å². The maximum Gasteiger partial charge on any atom is 0.180 e. The average Bonchev–Trinajstić information content (AvgIpc) is 2.33. The van der Waals surface area contributed by atoms with Crippen LogP contribution in [0.15, 0.2) is 29.2 Å². The van der Waals surface area contributed by atoms with Crippen LogP contribution in [0.3, 0.4) is 0 Å². The number of halogens is 1. The van der Waals surface area contributed by atoms with Gasteiger partial charge in [-0.3, -0.25) is 0 Å². The molecule has 18 heavy (non-hydrogen) atoms. The molecule has 0 aromatic heterocycles. The largest absolute Gasteiger partial charge is 0.384 e. The number of hydrogen-bond acceptors (Lipinski definition) is 3. The maximum atomic E-state index is 11.9. The number of sulfone groups is 1. The second-order valence-electron chi connectivity index (χ2n) is 4.72. The van der Waals surface area contributed by atoms with Crippen molar-refractivity contribution < 1.29 is 8.42 Å². The van der Waals surface area contributed by atoms with Gasteiger partial charge in [0.2, 0.25) is 0 Å². The molecule has 0 amide bonds. The fourth-order valence-electron chi connectivity index (χ4n) is 2.11. The van der Waals surface area contributed by atoms with E-state index in [2.05, 4.69) is 5.32 Å². The van der Waals surface area contributed by atoms with E-state index in [1.807, 2.05) is 12.1 Å². The molecule has 1 saturated carbocycles. The Morgan fingerprint density at radius 3 is 2.61 bits per heavy atom. The molecule has 1 fully saturated rings. The molecule has 0 aliphatic heterocycles. The Morgan fingerprint density at radius 1 is 1.33 bits per heavy atom. The number of para-hydroxylation sites is 1. The van der Waals surface area contributed by atoms with Gasteiger partial charge in [-0.25, -0.2) is 8.42 Å². The van der Waals surface area contributed by atoms with Crippen LogP contribution >= 0.6 is 11.6 Å². The van der Waals surface area contributed by atoms with E-state index in [4.69, 9.17) is 11.6 Å². The van der Waals surface area contributed by atoms with Crippen molar-refractivity contribution in [1.29, 1.82) is 0 Å². The molecule has 1 N–H and O–H groups in total. The average molecular weight is 288 g/mol. The van der Waals surface area contributed by atoms with Gasteiger partial charge in [0.1, 0.15) is 0 Å². The number of anilines is 1. The molecule has 100 valence electrons. The third kappa shape index (κ3) is 2.98. The predicted octanol–water partition coefficient (Wildman–Crippen LogP) is 2.91. The van der Waals surface area contributed by atoms with E-state index in [1.54, 1.807) is 19.1 Å². The van der Waals surface area contributed by atoms with Gasteiger partial charge in [0.25, 0.3) is 0 Å². The molecule has 0 unspecified atom stereocenters. The standard InChI is InChI=1S/C13H18ClNO2S/c1-2-18(16,17)13-6-4-3-5-12(13)15-9-10-7-11(14)8-10/h3-6,10-11,15H,2,7-9H2,1H3. The van der Waals surface area contributed by atoms with Gasteiger partial charge < -0.3 is 5.32 Å². The highest BCUT2D eigenvalue weighted by Gasteiger charge is 2.27. The molecule has 0 bridgehead atoms. The zero-order valence-corrected chi connectivity index (χ0v) is 12.0. The molecular weight excluding hydrogens is 270 g/mol. The zero-order chi connectivity index (χ0) is 13.2. The summed E-state index contributed by atoms with van der Waals surface area (Å²) in [5, 5.41) is 3.54. The molecule has 5 heteroatoms. The van der Waals surface area contributed by atoms with Gasteiger partial charge in [-0.1, -0.05) is 19.1 Å². The van der Waals surface area contributed by atoms with Crippen LogP contribution in [0, 0.1) is 5.92 Å². The van der Waals surface area contributed by atoms with Crippen molar-refractivity contribution in [3.8, 4) is 0 Å². The summed E-state index contributed by atoms with van der Waals surface area (Å²) in [5.41, 5.74) is 0.706. The summed E-state index contributed by atoms with van der Waals surface area (Å²) in [6.07, 6.45) is 2.02. The first-order valence-corrected chi connectivity index (χ1v) is 8.31. The van der Waals surface area contributed by atoms with E-state index in [0.717, 1.165) is 19.4 Å². The minimum Gasteiger partial charge on any atom is -0.384 e. The number of nitrogens with one attached hydrogen (secondary N) is 1. The Bertz CT molecular complexity index is 509. The summed E-state index contributed by atoms with van der Waals surface area (Å²) in [6, 6.07) is 7.08. The van der Waals surface area contributed by atoms with Gasteiger partial charge in [0.15, 0.2) is 9.84 Å². The topological polar surface area (TPSA) is 46.2 Å². The Balaban J connectivity index is 2.08. The van der Waals surface area contributed by atoms with Gasteiger partial charge in [-0.15, -0.1) is 11.6 Å². The van der Waals surface area contributed by atoms with Gasteiger partial charge in [0.05, 0.1) is 16.3 Å². The molecule has 1 aliphatic carbocycles. The lowest BCUT2D eigenvalue weighted by Gasteiger charge is -2.31. The minimum absolute atomic E-state index is 0.124. The van der Waals surface area contributed by atoms with Crippen molar-refractivity contribution in [3.63, 3.8) is 0 Å². The van der Waals surface area contributed by atoms with Crippen molar-refractivity contribution in [2.24, 2.45) is 5.92 Å². The van der Waals surface area contributed by atoms with Gasteiger partial charge >= 0.3 is 0 Å². The first-order chi connectivity index (χ1) is 8.53. The summed E-state index contributed by atoms with van der Waals surface area (Å²) in [6.45, 7) is 2.45. The molecule has 0 radical (unpaired) electrons. The summed E-state index contributed by atoms with van der Waals surface area (Å²) < 4.78 is 23.9. The Labute approximate surface area is 113 Å². The third-order valence-electron chi connectivity index (χ3n) is 3.36. The minimum atomic E-state index is -3.16. The van der Waals surface area contributed by atoms with E-state index in [9.17, 15) is 8.42 Å². The summed E-state index contributed by atoms with van der Waals surface area (Å²) in [7, 11) is -3.16. The van der Waals surface area contributed by atoms with Crippen LogP contribution in [0.25, 0.3) is 0 Å². The van der Waals surface area contributed by atoms with Crippen molar-refractivity contribution >= 4 is 27.1 Å². The molecule has 1 aliphatic rings. The fraction of sp³-hybridized carbons (Fsp3) is 0.538. The first kappa shape index (κ1) is 13.7. The second kappa shape index (κ2) is 5.49. The lowest BCUT2D eigenvalue weighted by atomic mass is 9.85. The Hall–Kier alpha value is -0.740. The van der Waals surface area contributed by atoms with Crippen molar-refractivity contribution in [1.82, 2.24) is 0 Å². The lowest BCUT2D eigenvalue weighted by Crippen LogP contribution is -2.30. The molecule has 2 rings (SSSR count). The number of rotatable bonds is 5. The summed E-state index contributed by atoms with van der Waals surface area (Å²) >= 11 is 5.93. The monoisotopic (exact) mass is 287 g/mol. The van der Waals surface area contributed by atoms with Gasteiger partial charge in [-0.05, 0) is 30.9 Å². The third-order valence-corrected chi connectivity index (χ3v) is 5.50. The highest BCUT2D eigenvalue weighted by atomic mass is 35.5. The van der Waals surface area contributed by atoms with Crippen LogP contribution in [0.5, 0.6) is 0 Å². The smallest absolute Gasteiger partial charge is 0.180 e.